The molecule has 0 aliphatic heterocycles. The molecule has 0 aromatic heterocycles. The Kier molecular flexibility index (Phi) is 7.11. The minimum Gasteiger partial charge on any atom is -0.481 e. The van der Waals surface area contributed by atoms with Crippen LogP contribution in [0.25, 0.3) is 0 Å². The molecule has 4 heteroatoms. The second-order valence-electron chi connectivity index (χ2n) is 6.39. The SMILES string of the molecule is O=C(O)CCCCCCNC(=O)Cc1ccc2c(c1)CCCC2. The fraction of sp³-hybridized carbons (Fsp3) is 0.579. The highest BCUT2D eigenvalue weighted by atomic mass is 16.4. The number of hydrogen-bond donors (Lipinski definition) is 2. The van der Waals surface area contributed by atoms with E-state index in [0.29, 0.717) is 13.0 Å². The van der Waals surface area contributed by atoms with E-state index < -0.39 is 5.97 Å². The zero-order valence-electron chi connectivity index (χ0n) is 13.8. The number of aliphatic carboxylic acids is 1. The average molecular weight is 317 g/mol. The standard InChI is InChI=1S/C19H27NO3/c21-18(20-12-6-2-1-3-9-19(22)23)14-15-10-11-16-7-4-5-8-17(16)13-15/h10-11,13H,1-9,12,14H2,(H,20,21)(H,22,23). The third-order valence-electron chi connectivity index (χ3n) is 4.42. The van der Waals surface area contributed by atoms with Crippen molar-refractivity contribution in [2.75, 3.05) is 6.54 Å². The highest BCUT2D eigenvalue weighted by molar-refractivity contribution is 5.78. The van der Waals surface area contributed by atoms with Gasteiger partial charge in [-0.25, -0.2) is 0 Å². The molecular weight excluding hydrogens is 290 g/mol. The molecule has 0 spiro atoms. The number of aryl methyl sites for hydroxylation is 2. The highest BCUT2D eigenvalue weighted by Gasteiger charge is 2.11. The van der Waals surface area contributed by atoms with Crippen LogP contribution in [0.5, 0.6) is 0 Å². The zero-order valence-corrected chi connectivity index (χ0v) is 13.8. The monoisotopic (exact) mass is 317 g/mol. The molecule has 0 fully saturated rings. The molecule has 1 aromatic rings. The quantitative estimate of drug-likeness (QED) is 0.687. The summed E-state index contributed by atoms with van der Waals surface area (Å²) in [4.78, 5) is 22.4. The van der Waals surface area contributed by atoms with Gasteiger partial charge in [-0.15, -0.1) is 0 Å². The summed E-state index contributed by atoms with van der Waals surface area (Å²) in [5, 5.41) is 11.5. The summed E-state index contributed by atoms with van der Waals surface area (Å²) in [7, 11) is 0. The molecule has 126 valence electrons. The Morgan fingerprint density at radius 1 is 1.00 bits per heavy atom. The van der Waals surface area contributed by atoms with Crippen molar-refractivity contribution in [1.82, 2.24) is 5.32 Å². The Hall–Kier alpha value is -1.84. The number of carboxylic acid groups (broad SMARTS) is 1. The van der Waals surface area contributed by atoms with E-state index in [2.05, 4.69) is 23.5 Å². The molecule has 0 atom stereocenters. The van der Waals surface area contributed by atoms with Crippen LogP contribution in [0.3, 0.4) is 0 Å². The van der Waals surface area contributed by atoms with Gasteiger partial charge in [-0.2, -0.15) is 0 Å². The molecular formula is C19H27NO3. The number of carbonyl (C=O) groups excluding carboxylic acids is 1. The smallest absolute Gasteiger partial charge is 0.303 e. The van der Waals surface area contributed by atoms with E-state index in [1.54, 1.807) is 0 Å². The van der Waals surface area contributed by atoms with Crippen LogP contribution in [0.1, 0.15) is 61.6 Å². The van der Waals surface area contributed by atoms with Gasteiger partial charge in [0.25, 0.3) is 0 Å². The van der Waals surface area contributed by atoms with Crippen LogP contribution in [0.15, 0.2) is 18.2 Å². The van der Waals surface area contributed by atoms with Crippen molar-refractivity contribution in [2.24, 2.45) is 0 Å². The summed E-state index contributed by atoms with van der Waals surface area (Å²) >= 11 is 0. The van der Waals surface area contributed by atoms with E-state index in [-0.39, 0.29) is 12.3 Å². The second-order valence-corrected chi connectivity index (χ2v) is 6.39. The highest BCUT2D eigenvalue weighted by Crippen LogP contribution is 2.22. The van der Waals surface area contributed by atoms with Gasteiger partial charge in [-0.1, -0.05) is 31.0 Å². The van der Waals surface area contributed by atoms with Crippen molar-refractivity contribution in [2.45, 2.75) is 64.2 Å². The first-order chi connectivity index (χ1) is 11.1. The minimum atomic E-state index is -0.733. The number of rotatable bonds is 9. The van der Waals surface area contributed by atoms with Crippen LogP contribution in [0.4, 0.5) is 0 Å². The van der Waals surface area contributed by atoms with Crippen LogP contribution < -0.4 is 5.32 Å². The van der Waals surface area contributed by atoms with E-state index in [0.717, 1.165) is 37.7 Å². The number of amides is 1. The lowest BCUT2D eigenvalue weighted by Gasteiger charge is -2.16. The molecule has 23 heavy (non-hydrogen) atoms. The van der Waals surface area contributed by atoms with Crippen molar-refractivity contribution < 1.29 is 14.7 Å². The summed E-state index contributed by atoms with van der Waals surface area (Å²) < 4.78 is 0. The fourth-order valence-electron chi connectivity index (χ4n) is 3.13. The predicted molar refractivity (Wildman–Crippen MR) is 90.5 cm³/mol. The fourth-order valence-corrected chi connectivity index (χ4v) is 3.13. The number of benzene rings is 1. The molecule has 0 unspecified atom stereocenters. The lowest BCUT2D eigenvalue weighted by molar-refractivity contribution is -0.137. The number of carbonyl (C=O) groups is 2. The van der Waals surface area contributed by atoms with E-state index in [1.807, 2.05) is 0 Å². The molecule has 0 bridgehead atoms. The van der Waals surface area contributed by atoms with Crippen LogP contribution >= 0.6 is 0 Å². The topological polar surface area (TPSA) is 66.4 Å². The molecule has 0 saturated carbocycles. The maximum atomic E-state index is 12.0. The summed E-state index contributed by atoms with van der Waals surface area (Å²) in [5.74, 6) is -0.658. The molecule has 1 aromatic carbocycles. The molecule has 2 rings (SSSR count). The Labute approximate surface area is 138 Å². The van der Waals surface area contributed by atoms with Crippen LogP contribution in [0, 0.1) is 0 Å². The number of unbranched alkanes of at least 4 members (excludes halogenated alkanes) is 3. The van der Waals surface area contributed by atoms with Crippen molar-refractivity contribution in [1.29, 1.82) is 0 Å². The van der Waals surface area contributed by atoms with Crippen molar-refractivity contribution in [3.63, 3.8) is 0 Å². The molecule has 1 amide bonds. The maximum Gasteiger partial charge on any atom is 0.303 e. The van der Waals surface area contributed by atoms with Gasteiger partial charge in [0.1, 0.15) is 0 Å². The lowest BCUT2D eigenvalue weighted by Crippen LogP contribution is -2.26. The summed E-state index contributed by atoms with van der Waals surface area (Å²) in [6, 6.07) is 6.45. The molecule has 1 aliphatic rings. The normalized spacial score (nSPS) is 13.4. The third-order valence-corrected chi connectivity index (χ3v) is 4.42. The summed E-state index contributed by atoms with van der Waals surface area (Å²) in [5.41, 5.74) is 3.96. The van der Waals surface area contributed by atoms with Gasteiger partial charge in [-0.05, 0) is 55.2 Å². The largest absolute Gasteiger partial charge is 0.481 e. The van der Waals surface area contributed by atoms with Gasteiger partial charge in [0.2, 0.25) is 5.91 Å². The van der Waals surface area contributed by atoms with E-state index >= 15 is 0 Å². The third kappa shape index (κ3) is 6.43. The van der Waals surface area contributed by atoms with Gasteiger partial charge in [0.05, 0.1) is 6.42 Å². The van der Waals surface area contributed by atoms with E-state index in [1.165, 1.54) is 30.4 Å². The van der Waals surface area contributed by atoms with E-state index in [4.69, 9.17) is 5.11 Å². The van der Waals surface area contributed by atoms with Crippen LogP contribution in [0.2, 0.25) is 0 Å². The first-order valence-corrected chi connectivity index (χ1v) is 8.74. The van der Waals surface area contributed by atoms with Crippen molar-refractivity contribution in [3.8, 4) is 0 Å². The first kappa shape index (κ1) is 17.5. The zero-order chi connectivity index (χ0) is 16.5. The number of hydrogen-bond acceptors (Lipinski definition) is 2. The van der Waals surface area contributed by atoms with Gasteiger partial charge >= 0.3 is 5.97 Å². The molecule has 0 heterocycles. The second kappa shape index (κ2) is 9.33. The lowest BCUT2D eigenvalue weighted by atomic mass is 9.90. The van der Waals surface area contributed by atoms with Crippen molar-refractivity contribution >= 4 is 11.9 Å². The average Bonchev–Trinajstić information content (AvgIpc) is 2.53. The first-order valence-electron chi connectivity index (χ1n) is 8.74. The number of fused-ring (bicyclic) bond motifs is 1. The summed E-state index contributed by atoms with van der Waals surface area (Å²) in [6.45, 7) is 0.677. The van der Waals surface area contributed by atoms with Gasteiger partial charge < -0.3 is 10.4 Å². The Bertz CT molecular complexity index is 539. The van der Waals surface area contributed by atoms with Crippen molar-refractivity contribution in [3.05, 3.63) is 34.9 Å². The van der Waals surface area contributed by atoms with Crippen LogP contribution in [-0.4, -0.2) is 23.5 Å². The van der Waals surface area contributed by atoms with Gasteiger partial charge in [0.15, 0.2) is 0 Å². The van der Waals surface area contributed by atoms with Gasteiger partial charge in [0, 0.05) is 13.0 Å². The van der Waals surface area contributed by atoms with E-state index in [9.17, 15) is 9.59 Å². The Morgan fingerprint density at radius 3 is 2.52 bits per heavy atom. The van der Waals surface area contributed by atoms with Gasteiger partial charge in [-0.3, -0.25) is 9.59 Å². The molecule has 0 saturated heterocycles. The molecule has 0 radical (unpaired) electrons. The maximum absolute atomic E-state index is 12.0. The molecule has 4 nitrogen and oxygen atoms in total. The Morgan fingerprint density at radius 2 is 1.74 bits per heavy atom. The van der Waals surface area contributed by atoms with Crippen LogP contribution in [-0.2, 0) is 28.9 Å². The number of carboxylic acids is 1. The minimum absolute atomic E-state index is 0.0753. The molecule has 1 aliphatic carbocycles. The number of nitrogens with one attached hydrogen (secondary N) is 1. The predicted octanol–water partition coefficient (Wildman–Crippen LogP) is 3.26. The summed E-state index contributed by atoms with van der Waals surface area (Å²) in [6.07, 6.45) is 9.04. The Balaban J connectivity index is 1.62. The molecule has 2 N–H and O–H groups in total.